The molecular weight excluding hydrogens is 276 g/mol. The van der Waals surface area contributed by atoms with Crippen LogP contribution in [0.3, 0.4) is 0 Å². The van der Waals surface area contributed by atoms with Crippen LogP contribution in [0.5, 0.6) is 0 Å². The average molecular weight is 294 g/mol. The molecule has 0 unspecified atom stereocenters. The Morgan fingerprint density at radius 1 is 1.40 bits per heavy atom. The Balaban J connectivity index is 2.10. The van der Waals surface area contributed by atoms with Crippen molar-refractivity contribution in [2.24, 2.45) is 5.73 Å². The van der Waals surface area contributed by atoms with Crippen LogP contribution in [-0.4, -0.2) is 24.9 Å². The third kappa shape index (κ3) is 3.24. The molecule has 108 valence electrons. The first-order valence-electron chi connectivity index (χ1n) is 6.31. The summed E-state index contributed by atoms with van der Waals surface area (Å²) in [4.78, 5) is 7.25. The number of nitrogens with two attached hydrogens (primary N) is 1. The van der Waals surface area contributed by atoms with Crippen molar-refractivity contribution in [3.63, 3.8) is 0 Å². The highest BCUT2D eigenvalue weighted by Gasteiger charge is 2.17. The van der Waals surface area contributed by atoms with Crippen LogP contribution in [0.15, 0.2) is 35.5 Å². The number of nitrogens with zero attached hydrogens (tertiary/aromatic N) is 1. The van der Waals surface area contributed by atoms with Crippen LogP contribution in [-0.2, 0) is 23.0 Å². The van der Waals surface area contributed by atoms with Gasteiger partial charge < -0.3 is 10.7 Å². The fraction of sp³-hybridized carbons (Fsp3) is 0.308. The van der Waals surface area contributed by atoms with E-state index in [-0.39, 0.29) is 4.90 Å². The van der Waals surface area contributed by atoms with Crippen LogP contribution < -0.4 is 10.5 Å². The van der Waals surface area contributed by atoms with Gasteiger partial charge >= 0.3 is 0 Å². The van der Waals surface area contributed by atoms with E-state index in [1.165, 1.54) is 0 Å². The van der Waals surface area contributed by atoms with E-state index in [1.807, 2.05) is 6.07 Å². The number of H-pyrrole nitrogens is 1. The zero-order valence-corrected chi connectivity index (χ0v) is 12.1. The molecule has 0 bridgehead atoms. The molecular formula is C13H18N4O2S. The Hall–Kier alpha value is -1.70. The van der Waals surface area contributed by atoms with Crippen molar-refractivity contribution in [3.8, 4) is 0 Å². The van der Waals surface area contributed by atoms with Crippen molar-refractivity contribution in [1.82, 2.24) is 14.7 Å². The molecule has 1 aromatic carbocycles. The Kier molecular flexibility index (Phi) is 4.53. The summed E-state index contributed by atoms with van der Waals surface area (Å²) >= 11 is 0. The second-order valence-corrected chi connectivity index (χ2v) is 6.16. The van der Waals surface area contributed by atoms with Crippen molar-refractivity contribution in [1.29, 1.82) is 0 Å². The zero-order chi connectivity index (χ0) is 14.6. The highest BCUT2D eigenvalue weighted by atomic mass is 32.2. The number of rotatable bonds is 6. The monoisotopic (exact) mass is 294 g/mol. The maximum absolute atomic E-state index is 12.3. The molecule has 0 atom stereocenters. The molecule has 0 radical (unpaired) electrons. The third-order valence-corrected chi connectivity index (χ3v) is 4.72. The lowest BCUT2D eigenvalue weighted by molar-refractivity contribution is 0.580. The van der Waals surface area contributed by atoms with E-state index in [0.717, 1.165) is 11.4 Å². The molecule has 0 aliphatic carbocycles. The van der Waals surface area contributed by atoms with E-state index in [2.05, 4.69) is 14.7 Å². The van der Waals surface area contributed by atoms with Gasteiger partial charge in [0.15, 0.2) is 0 Å². The predicted molar refractivity (Wildman–Crippen MR) is 76.6 cm³/mol. The van der Waals surface area contributed by atoms with Gasteiger partial charge in [-0.05, 0) is 24.1 Å². The van der Waals surface area contributed by atoms with Crippen LogP contribution in [0.25, 0.3) is 0 Å². The van der Waals surface area contributed by atoms with Gasteiger partial charge in [0.2, 0.25) is 10.0 Å². The zero-order valence-electron chi connectivity index (χ0n) is 11.3. The van der Waals surface area contributed by atoms with E-state index >= 15 is 0 Å². The van der Waals surface area contributed by atoms with Crippen LogP contribution in [0.1, 0.15) is 17.0 Å². The molecule has 20 heavy (non-hydrogen) atoms. The summed E-state index contributed by atoms with van der Waals surface area (Å²) in [6.07, 6.45) is 3.86. The van der Waals surface area contributed by atoms with Gasteiger partial charge in [-0.2, -0.15) is 0 Å². The largest absolute Gasteiger partial charge is 0.349 e. The second-order valence-electron chi connectivity index (χ2n) is 4.43. The van der Waals surface area contributed by atoms with E-state index in [0.29, 0.717) is 25.1 Å². The van der Waals surface area contributed by atoms with Crippen LogP contribution in [0, 0.1) is 6.92 Å². The summed E-state index contributed by atoms with van der Waals surface area (Å²) < 4.78 is 27.1. The quantitative estimate of drug-likeness (QED) is 0.730. The third-order valence-electron chi connectivity index (χ3n) is 3.11. The average Bonchev–Trinajstić information content (AvgIpc) is 2.91. The molecule has 0 saturated carbocycles. The van der Waals surface area contributed by atoms with Gasteiger partial charge in [-0.3, -0.25) is 0 Å². The molecule has 0 amide bonds. The van der Waals surface area contributed by atoms with Gasteiger partial charge in [0.25, 0.3) is 0 Å². The molecule has 0 fully saturated rings. The summed E-state index contributed by atoms with van der Waals surface area (Å²) in [7, 11) is -3.52. The van der Waals surface area contributed by atoms with Crippen molar-refractivity contribution in [3.05, 3.63) is 47.5 Å². The van der Waals surface area contributed by atoms with Crippen molar-refractivity contribution in [2.45, 2.75) is 24.8 Å². The molecule has 0 spiro atoms. The Labute approximate surface area is 118 Å². The first-order valence-corrected chi connectivity index (χ1v) is 7.79. The summed E-state index contributed by atoms with van der Waals surface area (Å²) in [5, 5.41) is 0. The summed E-state index contributed by atoms with van der Waals surface area (Å²) in [6.45, 7) is 2.38. The highest BCUT2D eigenvalue weighted by molar-refractivity contribution is 7.89. The van der Waals surface area contributed by atoms with Crippen LogP contribution >= 0.6 is 0 Å². The first kappa shape index (κ1) is 14.7. The maximum Gasteiger partial charge on any atom is 0.240 e. The van der Waals surface area contributed by atoms with Crippen LogP contribution in [0.2, 0.25) is 0 Å². The normalized spacial score (nSPS) is 11.7. The minimum atomic E-state index is -3.52. The lowest BCUT2D eigenvalue weighted by Gasteiger charge is -2.11. The van der Waals surface area contributed by atoms with Crippen molar-refractivity contribution < 1.29 is 8.42 Å². The van der Waals surface area contributed by atoms with Gasteiger partial charge in [-0.1, -0.05) is 12.1 Å². The highest BCUT2D eigenvalue weighted by Crippen LogP contribution is 2.18. The van der Waals surface area contributed by atoms with E-state index in [9.17, 15) is 8.42 Å². The van der Waals surface area contributed by atoms with E-state index in [4.69, 9.17) is 5.73 Å². The Morgan fingerprint density at radius 2 is 2.20 bits per heavy atom. The van der Waals surface area contributed by atoms with E-state index in [1.54, 1.807) is 31.5 Å². The number of benzene rings is 1. The van der Waals surface area contributed by atoms with Crippen molar-refractivity contribution >= 4 is 10.0 Å². The second kappa shape index (κ2) is 6.17. The molecule has 0 saturated heterocycles. The molecule has 0 aliphatic heterocycles. The molecule has 2 rings (SSSR count). The Morgan fingerprint density at radius 3 is 2.85 bits per heavy atom. The molecule has 1 heterocycles. The fourth-order valence-electron chi connectivity index (χ4n) is 1.99. The minimum Gasteiger partial charge on any atom is -0.349 e. The van der Waals surface area contributed by atoms with E-state index < -0.39 is 10.0 Å². The SMILES string of the molecule is Cc1c(CN)cccc1S(=O)(=O)NCCc1ncc[nH]1. The number of hydrogen-bond donors (Lipinski definition) is 3. The lowest BCUT2D eigenvalue weighted by Crippen LogP contribution is -2.27. The smallest absolute Gasteiger partial charge is 0.240 e. The molecule has 7 heteroatoms. The van der Waals surface area contributed by atoms with Gasteiger partial charge in [-0.25, -0.2) is 18.1 Å². The number of hydrogen-bond acceptors (Lipinski definition) is 4. The summed E-state index contributed by atoms with van der Waals surface area (Å²) in [5.41, 5.74) is 7.13. The number of imidazole rings is 1. The molecule has 6 nitrogen and oxygen atoms in total. The number of aromatic nitrogens is 2. The number of aromatic amines is 1. The molecule has 0 aliphatic rings. The molecule has 4 N–H and O–H groups in total. The number of nitrogens with one attached hydrogen (secondary N) is 2. The molecule has 1 aromatic heterocycles. The Bertz CT molecular complexity index is 666. The van der Waals surface area contributed by atoms with Crippen LogP contribution in [0.4, 0.5) is 0 Å². The lowest BCUT2D eigenvalue weighted by atomic mass is 10.1. The summed E-state index contributed by atoms with van der Waals surface area (Å²) in [6, 6.07) is 5.12. The van der Waals surface area contributed by atoms with Crippen molar-refractivity contribution in [2.75, 3.05) is 6.54 Å². The standard InChI is InChI=1S/C13H18N4O2S/c1-10-11(9-14)3-2-4-12(10)20(18,19)17-6-5-13-15-7-8-16-13/h2-4,7-8,17H,5-6,9,14H2,1H3,(H,15,16). The molecule has 2 aromatic rings. The first-order chi connectivity index (χ1) is 9.54. The predicted octanol–water partition coefficient (Wildman–Crippen LogP) is 0.698. The summed E-state index contributed by atoms with van der Waals surface area (Å²) in [5.74, 6) is 0.750. The topological polar surface area (TPSA) is 101 Å². The fourth-order valence-corrected chi connectivity index (χ4v) is 3.31. The van der Waals surface area contributed by atoms with Gasteiger partial charge in [0, 0.05) is 31.9 Å². The minimum absolute atomic E-state index is 0.278. The van der Waals surface area contributed by atoms with Gasteiger partial charge in [-0.15, -0.1) is 0 Å². The maximum atomic E-state index is 12.3. The number of sulfonamides is 1. The van der Waals surface area contributed by atoms with Gasteiger partial charge in [0.1, 0.15) is 5.82 Å². The van der Waals surface area contributed by atoms with Gasteiger partial charge in [0.05, 0.1) is 4.90 Å².